The fourth-order valence-corrected chi connectivity index (χ4v) is 2.71. The van der Waals surface area contributed by atoms with Gasteiger partial charge in [-0.1, -0.05) is 0 Å². The molecule has 2 rings (SSSR count). The molecule has 0 radical (unpaired) electrons. The van der Waals surface area contributed by atoms with E-state index < -0.39 is 0 Å². The van der Waals surface area contributed by atoms with Crippen molar-refractivity contribution in [3.05, 3.63) is 16.1 Å². The average Bonchev–Trinajstić information content (AvgIpc) is 2.85. The van der Waals surface area contributed by atoms with Gasteiger partial charge in [0.25, 0.3) is 5.91 Å². The first kappa shape index (κ1) is 16.9. The van der Waals surface area contributed by atoms with Gasteiger partial charge >= 0.3 is 0 Å². The molecule has 1 N–H and O–H groups in total. The zero-order chi connectivity index (χ0) is 13.8. The molecule has 20 heavy (non-hydrogen) atoms. The Morgan fingerprint density at radius 3 is 2.65 bits per heavy atom. The summed E-state index contributed by atoms with van der Waals surface area (Å²) >= 11 is 1.35. The molecule has 0 bridgehead atoms. The second-order valence-corrected chi connectivity index (χ2v) is 5.77. The summed E-state index contributed by atoms with van der Waals surface area (Å²) in [7, 11) is 1.65. The Balaban J connectivity index is 0.00000200. The molecule has 1 aliphatic rings. The number of piperazine rings is 1. The second kappa shape index (κ2) is 7.56. The summed E-state index contributed by atoms with van der Waals surface area (Å²) < 4.78 is 0. The predicted molar refractivity (Wildman–Crippen MR) is 80.5 cm³/mol. The zero-order valence-electron chi connectivity index (χ0n) is 11.6. The molecule has 2 heterocycles. The van der Waals surface area contributed by atoms with E-state index in [1.165, 1.54) is 16.2 Å². The molecule has 0 unspecified atom stereocenters. The third-order valence-corrected chi connectivity index (χ3v) is 3.92. The number of aryl methyl sites for hydroxylation is 1. The predicted octanol–water partition coefficient (Wildman–Crippen LogP) is 0.377. The van der Waals surface area contributed by atoms with Gasteiger partial charge in [-0.15, -0.1) is 23.7 Å². The summed E-state index contributed by atoms with van der Waals surface area (Å²) in [4.78, 5) is 32.0. The van der Waals surface area contributed by atoms with Crippen LogP contribution in [0.5, 0.6) is 0 Å². The highest BCUT2D eigenvalue weighted by atomic mass is 35.5. The van der Waals surface area contributed by atoms with E-state index in [1.807, 2.05) is 6.92 Å². The van der Waals surface area contributed by atoms with Crippen LogP contribution in [0, 0.1) is 6.92 Å². The highest BCUT2D eigenvalue weighted by Crippen LogP contribution is 2.13. The summed E-state index contributed by atoms with van der Waals surface area (Å²) in [5, 5.41) is 4.05. The first-order valence-corrected chi connectivity index (χ1v) is 7.06. The maximum atomic E-state index is 12.1. The smallest absolute Gasteiger partial charge is 0.265 e. The molecule has 0 saturated carbocycles. The van der Waals surface area contributed by atoms with Crippen LogP contribution in [0.25, 0.3) is 0 Å². The van der Waals surface area contributed by atoms with Crippen molar-refractivity contribution in [1.82, 2.24) is 20.1 Å². The fraction of sp³-hybridized carbons (Fsp3) is 0.583. The minimum Gasteiger partial charge on any atom is -0.339 e. The van der Waals surface area contributed by atoms with Gasteiger partial charge in [0.05, 0.1) is 17.7 Å². The van der Waals surface area contributed by atoms with Crippen LogP contribution in [0.4, 0.5) is 0 Å². The highest BCUT2D eigenvalue weighted by molar-refractivity contribution is 7.13. The molecule has 0 atom stereocenters. The summed E-state index contributed by atoms with van der Waals surface area (Å²) in [6.07, 6.45) is 1.56. The van der Waals surface area contributed by atoms with Crippen molar-refractivity contribution < 1.29 is 9.59 Å². The third kappa shape index (κ3) is 4.16. The molecule has 6 nitrogen and oxygen atoms in total. The number of amides is 2. The van der Waals surface area contributed by atoms with Crippen LogP contribution in [0.1, 0.15) is 14.7 Å². The molecule has 0 aliphatic carbocycles. The van der Waals surface area contributed by atoms with Gasteiger partial charge in [0, 0.05) is 33.2 Å². The Labute approximate surface area is 128 Å². The number of carbonyl (C=O) groups excluding carboxylic acids is 2. The number of nitrogens with zero attached hydrogens (tertiary/aromatic N) is 3. The molecule has 1 aromatic heterocycles. The maximum absolute atomic E-state index is 12.1. The van der Waals surface area contributed by atoms with E-state index in [0.717, 1.165) is 18.1 Å². The lowest BCUT2D eigenvalue weighted by Gasteiger charge is -2.29. The van der Waals surface area contributed by atoms with Crippen LogP contribution in [0.15, 0.2) is 6.20 Å². The molecule has 1 aliphatic heterocycles. The molecular weight excluding hydrogens is 300 g/mol. The number of hydrogen-bond acceptors (Lipinski definition) is 5. The van der Waals surface area contributed by atoms with Crippen LogP contribution in [0.3, 0.4) is 0 Å². The zero-order valence-corrected chi connectivity index (χ0v) is 13.2. The van der Waals surface area contributed by atoms with Crippen LogP contribution in [-0.2, 0) is 4.79 Å². The second-order valence-electron chi connectivity index (χ2n) is 4.54. The molecule has 2 amide bonds. The quantitative estimate of drug-likeness (QED) is 0.875. The van der Waals surface area contributed by atoms with E-state index in [9.17, 15) is 9.59 Å². The van der Waals surface area contributed by atoms with Gasteiger partial charge < -0.3 is 15.1 Å². The molecule has 0 spiro atoms. The topological polar surface area (TPSA) is 65.5 Å². The minimum atomic E-state index is -0.144. The largest absolute Gasteiger partial charge is 0.339 e. The van der Waals surface area contributed by atoms with Crippen molar-refractivity contribution in [3.8, 4) is 0 Å². The standard InChI is InChI=1S/C12H18N4O2S.ClH/c1-9-14-7-10(19-9)12(18)15(2)8-11(17)16-5-3-13-4-6-16;/h7,13H,3-6,8H2,1-2H3;1H. The SMILES string of the molecule is Cc1ncc(C(=O)N(C)CC(=O)N2CCNCC2)s1.Cl. The van der Waals surface area contributed by atoms with E-state index in [2.05, 4.69) is 10.3 Å². The van der Waals surface area contributed by atoms with Crippen LogP contribution in [0.2, 0.25) is 0 Å². The normalized spacial score (nSPS) is 14.6. The highest BCUT2D eigenvalue weighted by Gasteiger charge is 2.21. The average molecular weight is 319 g/mol. The van der Waals surface area contributed by atoms with Gasteiger partial charge in [0.2, 0.25) is 5.91 Å². The molecule has 1 fully saturated rings. The summed E-state index contributed by atoms with van der Waals surface area (Å²) in [5.74, 6) is -0.146. The lowest BCUT2D eigenvalue weighted by molar-refractivity contribution is -0.132. The van der Waals surface area contributed by atoms with Crippen molar-refractivity contribution in [2.24, 2.45) is 0 Å². The number of hydrogen-bond donors (Lipinski definition) is 1. The van der Waals surface area contributed by atoms with Gasteiger partial charge in [0.1, 0.15) is 4.88 Å². The van der Waals surface area contributed by atoms with E-state index in [-0.39, 0.29) is 30.8 Å². The molecule has 1 aromatic rings. The number of rotatable bonds is 3. The van der Waals surface area contributed by atoms with Gasteiger partial charge in [-0.25, -0.2) is 4.98 Å². The summed E-state index contributed by atoms with van der Waals surface area (Å²) in [6, 6.07) is 0. The lowest BCUT2D eigenvalue weighted by Crippen LogP contribution is -2.49. The maximum Gasteiger partial charge on any atom is 0.265 e. The first-order chi connectivity index (χ1) is 9.08. The molecular formula is C12H19ClN4O2S. The van der Waals surface area contributed by atoms with E-state index in [4.69, 9.17) is 0 Å². The Kier molecular flexibility index (Phi) is 6.38. The summed E-state index contributed by atoms with van der Waals surface area (Å²) in [5.41, 5.74) is 0. The van der Waals surface area contributed by atoms with Gasteiger partial charge in [-0.3, -0.25) is 9.59 Å². The number of carbonyl (C=O) groups is 2. The molecule has 8 heteroatoms. The van der Waals surface area contributed by atoms with Crippen molar-refractivity contribution in [3.63, 3.8) is 0 Å². The number of halogens is 1. The van der Waals surface area contributed by atoms with Crippen molar-refractivity contribution in [2.45, 2.75) is 6.92 Å². The van der Waals surface area contributed by atoms with E-state index >= 15 is 0 Å². The Bertz CT molecular complexity index is 474. The molecule has 0 aromatic carbocycles. The number of aromatic nitrogens is 1. The van der Waals surface area contributed by atoms with Gasteiger partial charge in [-0.2, -0.15) is 0 Å². The fourth-order valence-electron chi connectivity index (χ4n) is 1.94. The monoisotopic (exact) mass is 318 g/mol. The van der Waals surface area contributed by atoms with Gasteiger partial charge in [0.15, 0.2) is 0 Å². The van der Waals surface area contributed by atoms with E-state index in [1.54, 1.807) is 18.1 Å². The van der Waals surface area contributed by atoms with Crippen LogP contribution in [-0.4, -0.2) is 66.4 Å². The van der Waals surface area contributed by atoms with Crippen molar-refractivity contribution >= 4 is 35.6 Å². The number of likely N-dealkylation sites (N-methyl/N-ethyl adjacent to an activating group) is 1. The van der Waals surface area contributed by atoms with Gasteiger partial charge in [-0.05, 0) is 6.92 Å². The third-order valence-electron chi connectivity index (χ3n) is 3.02. The Morgan fingerprint density at radius 2 is 2.10 bits per heavy atom. The van der Waals surface area contributed by atoms with E-state index in [0.29, 0.717) is 18.0 Å². The molecule has 1 saturated heterocycles. The molecule has 112 valence electrons. The van der Waals surface area contributed by atoms with Crippen molar-refractivity contribution in [2.75, 3.05) is 39.8 Å². The lowest BCUT2D eigenvalue weighted by atomic mass is 10.3. The first-order valence-electron chi connectivity index (χ1n) is 6.24. The van der Waals surface area contributed by atoms with Crippen LogP contribution >= 0.6 is 23.7 Å². The Hall–Kier alpha value is -1.18. The Morgan fingerprint density at radius 1 is 1.45 bits per heavy atom. The number of thiazole rings is 1. The minimum absolute atomic E-state index is 0. The summed E-state index contributed by atoms with van der Waals surface area (Å²) in [6.45, 7) is 5.03. The van der Waals surface area contributed by atoms with Crippen molar-refractivity contribution in [1.29, 1.82) is 0 Å². The number of nitrogens with one attached hydrogen (secondary N) is 1. The van der Waals surface area contributed by atoms with Crippen LogP contribution < -0.4 is 5.32 Å².